The van der Waals surface area contributed by atoms with Crippen molar-refractivity contribution < 1.29 is 19.1 Å². The van der Waals surface area contributed by atoms with E-state index in [-0.39, 0.29) is 12.0 Å². The Bertz CT molecular complexity index is 751. The zero-order chi connectivity index (χ0) is 19.0. The van der Waals surface area contributed by atoms with Crippen LogP contribution in [0, 0.1) is 0 Å². The van der Waals surface area contributed by atoms with Crippen molar-refractivity contribution in [1.82, 2.24) is 15.5 Å². The lowest BCUT2D eigenvalue weighted by atomic mass is 9.91. The molecule has 27 heavy (non-hydrogen) atoms. The minimum absolute atomic E-state index is 0.0323. The summed E-state index contributed by atoms with van der Waals surface area (Å²) in [6.07, 6.45) is 6.55. The minimum Gasteiger partial charge on any atom is -0.371 e. The van der Waals surface area contributed by atoms with Gasteiger partial charge in [0.05, 0.1) is 12.2 Å². The maximum Gasteiger partial charge on any atom is 0.322 e. The lowest BCUT2D eigenvalue weighted by Gasteiger charge is -2.41. The van der Waals surface area contributed by atoms with Crippen molar-refractivity contribution >= 4 is 17.8 Å². The Labute approximate surface area is 158 Å². The van der Waals surface area contributed by atoms with Crippen LogP contribution in [0.3, 0.4) is 0 Å². The van der Waals surface area contributed by atoms with Crippen LogP contribution in [0.4, 0.5) is 4.79 Å². The number of benzene rings is 1. The second kappa shape index (κ2) is 6.96. The van der Waals surface area contributed by atoms with Gasteiger partial charge in [-0.15, -0.1) is 0 Å². The molecule has 0 aromatic heterocycles. The zero-order valence-electron chi connectivity index (χ0n) is 15.5. The van der Waals surface area contributed by atoms with Crippen LogP contribution < -0.4 is 10.6 Å². The molecule has 3 fully saturated rings. The van der Waals surface area contributed by atoms with Gasteiger partial charge in [-0.1, -0.05) is 31.4 Å². The van der Waals surface area contributed by atoms with Gasteiger partial charge in [-0.3, -0.25) is 14.9 Å². The molecule has 1 aromatic rings. The predicted octanol–water partition coefficient (Wildman–Crippen LogP) is 1.91. The third-order valence-electron chi connectivity index (χ3n) is 5.83. The van der Waals surface area contributed by atoms with E-state index in [0.717, 1.165) is 12.8 Å². The van der Waals surface area contributed by atoms with E-state index in [1.807, 2.05) is 0 Å². The molecule has 0 spiro atoms. The lowest BCUT2D eigenvalue weighted by Crippen LogP contribution is -2.55. The zero-order valence-corrected chi connectivity index (χ0v) is 15.5. The quantitative estimate of drug-likeness (QED) is 0.792. The summed E-state index contributed by atoms with van der Waals surface area (Å²) in [6, 6.07) is 6.33. The molecule has 7 heteroatoms. The first-order chi connectivity index (χ1) is 13.0. The van der Waals surface area contributed by atoms with E-state index >= 15 is 0 Å². The molecule has 1 saturated carbocycles. The van der Waals surface area contributed by atoms with Gasteiger partial charge < -0.3 is 15.0 Å². The highest BCUT2D eigenvalue weighted by Crippen LogP contribution is 2.27. The van der Waals surface area contributed by atoms with Crippen molar-refractivity contribution in [3.8, 4) is 0 Å². The number of nitrogens with one attached hydrogen (secondary N) is 2. The Balaban J connectivity index is 1.34. The van der Waals surface area contributed by atoms with Crippen molar-refractivity contribution in [2.45, 2.75) is 56.8 Å². The monoisotopic (exact) mass is 371 g/mol. The van der Waals surface area contributed by atoms with Gasteiger partial charge in [-0.05, 0) is 37.5 Å². The van der Waals surface area contributed by atoms with E-state index in [2.05, 4.69) is 10.6 Å². The van der Waals surface area contributed by atoms with Crippen LogP contribution in [0.1, 0.15) is 54.9 Å². The van der Waals surface area contributed by atoms with Gasteiger partial charge in [0.2, 0.25) is 0 Å². The molecule has 4 amide bonds. The van der Waals surface area contributed by atoms with Crippen LogP contribution in [0.25, 0.3) is 0 Å². The summed E-state index contributed by atoms with van der Waals surface area (Å²) in [4.78, 5) is 37.8. The van der Waals surface area contributed by atoms with Crippen molar-refractivity contribution in [3.05, 3.63) is 35.4 Å². The molecular weight excluding hydrogens is 346 g/mol. The predicted molar refractivity (Wildman–Crippen MR) is 98.1 cm³/mol. The van der Waals surface area contributed by atoms with Crippen LogP contribution >= 0.6 is 0 Å². The Hall–Kier alpha value is -2.41. The molecule has 2 N–H and O–H groups in total. The highest BCUT2D eigenvalue weighted by atomic mass is 16.5. The van der Waals surface area contributed by atoms with Crippen molar-refractivity contribution in [3.63, 3.8) is 0 Å². The molecule has 1 aromatic carbocycles. The number of rotatable bonds is 4. The first kappa shape index (κ1) is 18.0. The van der Waals surface area contributed by atoms with Crippen molar-refractivity contribution in [2.75, 3.05) is 13.1 Å². The maximum absolute atomic E-state index is 12.6. The largest absolute Gasteiger partial charge is 0.371 e. The van der Waals surface area contributed by atoms with Crippen LogP contribution in [0.15, 0.2) is 24.3 Å². The van der Waals surface area contributed by atoms with Crippen LogP contribution in [-0.4, -0.2) is 48.0 Å². The molecule has 1 atom stereocenters. The van der Waals surface area contributed by atoms with Gasteiger partial charge >= 0.3 is 6.03 Å². The molecule has 2 saturated heterocycles. The summed E-state index contributed by atoms with van der Waals surface area (Å²) < 4.78 is 6.09. The highest BCUT2D eigenvalue weighted by Gasteiger charge is 2.43. The first-order valence-electron chi connectivity index (χ1n) is 9.64. The van der Waals surface area contributed by atoms with E-state index in [9.17, 15) is 14.4 Å². The van der Waals surface area contributed by atoms with E-state index < -0.39 is 17.5 Å². The number of carbonyl (C=O) groups is 3. The fourth-order valence-corrected chi connectivity index (χ4v) is 4.04. The minimum atomic E-state index is -1.10. The Kier molecular flexibility index (Phi) is 4.63. The molecule has 1 unspecified atom stereocenters. The molecular formula is C20H25N3O4. The summed E-state index contributed by atoms with van der Waals surface area (Å²) in [5.74, 6) is -0.424. The fraction of sp³-hybridized carbons (Fsp3) is 0.550. The third kappa shape index (κ3) is 3.43. The first-order valence-corrected chi connectivity index (χ1v) is 9.64. The standard InChI is InChI=1S/C20H25N3O4/c1-20(18(25)21-19(26)22-20)14-9-7-13(8-10-14)17(24)23-11-16(12-23)27-15-5-3-2-4-6-15/h7-10,15-16H,2-6,11-12H2,1H3,(H2,21,22,25,26). The van der Waals surface area contributed by atoms with Crippen LogP contribution in [0.5, 0.6) is 0 Å². The van der Waals surface area contributed by atoms with Crippen LogP contribution in [0.2, 0.25) is 0 Å². The van der Waals surface area contributed by atoms with Crippen LogP contribution in [-0.2, 0) is 15.1 Å². The average Bonchev–Trinajstić information content (AvgIpc) is 2.91. The van der Waals surface area contributed by atoms with Gasteiger partial charge in [-0.25, -0.2) is 4.79 Å². The van der Waals surface area contributed by atoms with Gasteiger partial charge in [0.15, 0.2) is 0 Å². The number of imide groups is 1. The number of urea groups is 1. The number of amides is 4. The molecule has 2 heterocycles. The molecule has 7 nitrogen and oxygen atoms in total. The lowest BCUT2D eigenvalue weighted by molar-refractivity contribution is -0.123. The second-order valence-electron chi connectivity index (χ2n) is 7.84. The molecule has 1 aliphatic carbocycles. The number of likely N-dealkylation sites (tertiary alicyclic amines) is 1. The van der Waals surface area contributed by atoms with Gasteiger partial charge in [-0.2, -0.15) is 0 Å². The molecule has 3 aliphatic rings. The molecule has 0 radical (unpaired) electrons. The fourth-order valence-electron chi connectivity index (χ4n) is 4.04. The molecule has 2 aliphatic heterocycles. The van der Waals surface area contributed by atoms with Gasteiger partial charge in [0, 0.05) is 18.7 Å². The maximum atomic E-state index is 12.6. The van der Waals surface area contributed by atoms with E-state index in [1.165, 1.54) is 19.3 Å². The van der Waals surface area contributed by atoms with Crippen molar-refractivity contribution in [1.29, 1.82) is 0 Å². The summed E-state index contributed by atoms with van der Waals surface area (Å²) in [6.45, 7) is 2.91. The molecule has 0 bridgehead atoms. The Morgan fingerprint density at radius 3 is 2.33 bits per heavy atom. The van der Waals surface area contributed by atoms with E-state index in [0.29, 0.717) is 30.3 Å². The summed E-state index contributed by atoms with van der Waals surface area (Å²) in [7, 11) is 0. The molecule has 4 rings (SSSR count). The highest BCUT2D eigenvalue weighted by molar-refractivity contribution is 6.07. The number of hydrogen-bond donors (Lipinski definition) is 2. The number of ether oxygens (including phenoxy) is 1. The summed E-state index contributed by atoms with van der Waals surface area (Å²) >= 11 is 0. The molecule has 144 valence electrons. The SMILES string of the molecule is CC1(c2ccc(C(=O)N3CC(OC4CCCCC4)C3)cc2)NC(=O)NC1=O. The average molecular weight is 371 g/mol. The number of carbonyl (C=O) groups excluding carboxylic acids is 3. The third-order valence-corrected chi connectivity index (χ3v) is 5.83. The topological polar surface area (TPSA) is 87.7 Å². The number of nitrogens with zero attached hydrogens (tertiary/aromatic N) is 1. The summed E-state index contributed by atoms with van der Waals surface area (Å²) in [5.41, 5.74) is 0.113. The van der Waals surface area contributed by atoms with E-state index in [1.54, 1.807) is 36.1 Å². The smallest absolute Gasteiger partial charge is 0.322 e. The second-order valence-corrected chi connectivity index (χ2v) is 7.84. The normalized spacial score (nSPS) is 26.5. The number of hydrogen-bond acceptors (Lipinski definition) is 4. The summed E-state index contributed by atoms with van der Waals surface area (Å²) in [5, 5.41) is 4.86. The van der Waals surface area contributed by atoms with Gasteiger partial charge in [0.25, 0.3) is 11.8 Å². The Morgan fingerprint density at radius 1 is 1.07 bits per heavy atom. The Morgan fingerprint density at radius 2 is 1.74 bits per heavy atom. The van der Waals surface area contributed by atoms with Crippen molar-refractivity contribution in [2.24, 2.45) is 0 Å². The van der Waals surface area contributed by atoms with Gasteiger partial charge in [0.1, 0.15) is 5.54 Å². The van der Waals surface area contributed by atoms with E-state index in [4.69, 9.17) is 4.74 Å².